The summed E-state index contributed by atoms with van der Waals surface area (Å²) in [6, 6.07) is -0.304. The Hall–Kier alpha value is -2.88. The summed E-state index contributed by atoms with van der Waals surface area (Å²) in [6.45, 7) is 6.40. The molecule has 7 nitrogen and oxygen atoms in total. The second-order valence-corrected chi connectivity index (χ2v) is 8.78. The first-order valence-electron chi connectivity index (χ1n) is 9.90. The fraction of sp³-hybridized carbons (Fsp3) is 0.476. The van der Waals surface area contributed by atoms with Crippen molar-refractivity contribution < 1.29 is 22.8 Å². The highest BCUT2D eigenvalue weighted by molar-refractivity contribution is 5.88. The minimum Gasteiger partial charge on any atom is -0.357 e. The molecule has 0 spiro atoms. The molecule has 2 aromatic rings. The molecule has 0 aliphatic carbocycles. The number of benzene rings is 1. The topological polar surface area (TPSA) is 79.3 Å². The van der Waals surface area contributed by atoms with E-state index in [-0.39, 0.29) is 17.2 Å². The first-order chi connectivity index (χ1) is 14.4. The van der Waals surface area contributed by atoms with Gasteiger partial charge in [0.15, 0.2) is 11.6 Å². The van der Waals surface area contributed by atoms with Gasteiger partial charge in [0.25, 0.3) is 0 Å². The first-order valence-corrected chi connectivity index (χ1v) is 9.90. The highest BCUT2D eigenvalue weighted by Gasteiger charge is 2.35. The molecule has 0 saturated heterocycles. The van der Waals surface area contributed by atoms with Crippen LogP contribution in [0, 0.1) is 22.9 Å². The molecule has 1 aliphatic heterocycles. The number of aromatic nitrogens is 2. The minimum absolute atomic E-state index is 0.0851. The molecule has 1 aliphatic rings. The maximum Gasteiger partial charge on any atom is 0.343 e. The first kappa shape index (κ1) is 22.8. The van der Waals surface area contributed by atoms with Crippen LogP contribution in [0.2, 0.25) is 0 Å². The van der Waals surface area contributed by atoms with Crippen LogP contribution in [-0.2, 0) is 17.8 Å². The van der Waals surface area contributed by atoms with Gasteiger partial charge < -0.3 is 15.5 Å². The molecule has 2 heterocycles. The summed E-state index contributed by atoms with van der Waals surface area (Å²) in [5.41, 5.74) is 0.376. The Kier molecular flexibility index (Phi) is 6.13. The molecule has 3 rings (SSSR count). The van der Waals surface area contributed by atoms with E-state index in [4.69, 9.17) is 0 Å². The van der Waals surface area contributed by atoms with Gasteiger partial charge in [-0.3, -0.25) is 4.79 Å². The van der Waals surface area contributed by atoms with E-state index in [2.05, 4.69) is 15.7 Å². The van der Waals surface area contributed by atoms with Crippen LogP contribution in [0.1, 0.15) is 32.0 Å². The Morgan fingerprint density at radius 3 is 2.39 bits per heavy atom. The number of nitrogens with zero attached hydrogens (tertiary/aromatic N) is 3. The molecular formula is C21H26F3N5O2. The summed E-state index contributed by atoms with van der Waals surface area (Å²) in [5.74, 6) is -3.84. The number of fused-ring (bicyclic) bond motifs is 1. The van der Waals surface area contributed by atoms with Gasteiger partial charge in [-0.15, -0.1) is 0 Å². The molecular weight excluding hydrogens is 411 g/mol. The average molecular weight is 437 g/mol. The number of hydrogen-bond donors (Lipinski definition) is 2. The summed E-state index contributed by atoms with van der Waals surface area (Å²) < 4.78 is 42.8. The Morgan fingerprint density at radius 2 is 1.77 bits per heavy atom. The van der Waals surface area contributed by atoms with Crippen molar-refractivity contribution in [1.82, 2.24) is 25.3 Å². The van der Waals surface area contributed by atoms with E-state index in [0.29, 0.717) is 36.8 Å². The molecule has 168 valence electrons. The van der Waals surface area contributed by atoms with Gasteiger partial charge in [-0.1, -0.05) is 20.8 Å². The van der Waals surface area contributed by atoms with Crippen LogP contribution >= 0.6 is 0 Å². The number of carbonyl (C=O) groups excluding carboxylic acids is 2. The summed E-state index contributed by atoms with van der Waals surface area (Å²) in [4.78, 5) is 27.4. The van der Waals surface area contributed by atoms with Crippen LogP contribution in [0.15, 0.2) is 12.1 Å². The molecule has 0 radical (unpaired) electrons. The van der Waals surface area contributed by atoms with Gasteiger partial charge in [0.05, 0.1) is 11.4 Å². The van der Waals surface area contributed by atoms with Crippen molar-refractivity contribution in [2.24, 2.45) is 5.41 Å². The standard InChI is InChI=1S/C21H26F3N5O2/c1-21(2,3)18(19(30)25-4)26-20(31)29-16-10-28(5)7-6-11(16)17(27-29)12-8-14(23)15(24)9-13(12)22/h8-9,18H,6-7,10H2,1-5H3,(H,25,30)(H,26,31)/t18-/m1/s1. The van der Waals surface area contributed by atoms with Crippen molar-refractivity contribution in [3.63, 3.8) is 0 Å². The van der Waals surface area contributed by atoms with Crippen molar-refractivity contribution in [2.45, 2.75) is 39.8 Å². The quantitative estimate of drug-likeness (QED) is 0.724. The number of nitrogens with one attached hydrogen (secondary N) is 2. The Bertz CT molecular complexity index is 1030. The summed E-state index contributed by atoms with van der Waals surface area (Å²) in [7, 11) is 3.33. The van der Waals surface area contributed by atoms with Gasteiger partial charge in [0.1, 0.15) is 11.9 Å². The van der Waals surface area contributed by atoms with Crippen LogP contribution in [0.4, 0.5) is 18.0 Å². The van der Waals surface area contributed by atoms with Crippen molar-refractivity contribution in [3.8, 4) is 11.3 Å². The molecule has 1 atom stereocenters. The van der Waals surface area contributed by atoms with Gasteiger partial charge in [0.2, 0.25) is 5.91 Å². The fourth-order valence-electron chi connectivity index (χ4n) is 3.64. The minimum atomic E-state index is -1.30. The molecule has 0 saturated carbocycles. The molecule has 31 heavy (non-hydrogen) atoms. The highest BCUT2D eigenvalue weighted by atomic mass is 19.2. The van der Waals surface area contributed by atoms with E-state index in [9.17, 15) is 22.8 Å². The van der Waals surface area contributed by atoms with E-state index >= 15 is 0 Å². The van der Waals surface area contributed by atoms with Crippen molar-refractivity contribution >= 4 is 11.9 Å². The Balaban J connectivity index is 2.08. The molecule has 0 unspecified atom stereocenters. The number of likely N-dealkylation sites (N-methyl/N-ethyl adjacent to an activating group) is 2. The zero-order chi connectivity index (χ0) is 23.1. The van der Waals surface area contributed by atoms with E-state index < -0.39 is 34.9 Å². The summed E-state index contributed by atoms with van der Waals surface area (Å²) in [5, 5.41) is 9.49. The normalized spacial score (nSPS) is 15.4. The maximum atomic E-state index is 14.5. The molecule has 1 aromatic carbocycles. The number of halogens is 3. The lowest BCUT2D eigenvalue weighted by Gasteiger charge is -2.30. The summed E-state index contributed by atoms with van der Waals surface area (Å²) in [6.07, 6.45) is 0.449. The second kappa shape index (κ2) is 8.33. The fourth-order valence-corrected chi connectivity index (χ4v) is 3.64. The van der Waals surface area contributed by atoms with Crippen molar-refractivity contribution in [3.05, 3.63) is 40.8 Å². The lowest BCUT2D eigenvalue weighted by Crippen LogP contribution is -2.54. The monoisotopic (exact) mass is 437 g/mol. The van der Waals surface area contributed by atoms with Gasteiger partial charge >= 0.3 is 6.03 Å². The zero-order valence-corrected chi connectivity index (χ0v) is 18.1. The largest absolute Gasteiger partial charge is 0.357 e. The van der Waals surface area contributed by atoms with E-state index in [0.717, 1.165) is 10.7 Å². The van der Waals surface area contributed by atoms with Gasteiger partial charge in [-0.2, -0.15) is 9.78 Å². The van der Waals surface area contributed by atoms with Crippen LogP contribution in [0.3, 0.4) is 0 Å². The number of rotatable bonds is 3. The number of hydrogen-bond acceptors (Lipinski definition) is 4. The van der Waals surface area contributed by atoms with Gasteiger partial charge in [0, 0.05) is 37.3 Å². The highest BCUT2D eigenvalue weighted by Crippen LogP contribution is 2.32. The van der Waals surface area contributed by atoms with Crippen LogP contribution < -0.4 is 10.6 Å². The molecule has 1 aromatic heterocycles. The molecule has 10 heteroatoms. The predicted octanol–water partition coefficient (Wildman–Crippen LogP) is 2.67. The molecule has 2 amide bonds. The number of carbonyl (C=O) groups is 2. The van der Waals surface area contributed by atoms with E-state index in [1.165, 1.54) is 7.05 Å². The number of amides is 2. The van der Waals surface area contributed by atoms with Crippen LogP contribution in [-0.4, -0.2) is 53.3 Å². The lowest BCUT2D eigenvalue weighted by atomic mass is 9.86. The van der Waals surface area contributed by atoms with Gasteiger partial charge in [-0.25, -0.2) is 18.0 Å². The van der Waals surface area contributed by atoms with Crippen molar-refractivity contribution in [2.75, 3.05) is 20.6 Å². The van der Waals surface area contributed by atoms with Crippen LogP contribution in [0.5, 0.6) is 0 Å². The Labute approximate surface area is 178 Å². The smallest absolute Gasteiger partial charge is 0.343 e. The van der Waals surface area contributed by atoms with E-state index in [1.807, 2.05) is 32.7 Å². The SMILES string of the molecule is CNC(=O)[C@@H](NC(=O)n1nc(-c2cc(F)c(F)cc2F)c2c1CN(C)CC2)C(C)(C)C. The predicted molar refractivity (Wildman–Crippen MR) is 109 cm³/mol. The molecule has 0 fully saturated rings. The zero-order valence-electron chi connectivity index (χ0n) is 18.1. The third-order valence-corrected chi connectivity index (χ3v) is 5.35. The average Bonchev–Trinajstić information content (AvgIpc) is 3.05. The van der Waals surface area contributed by atoms with Gasteiger partial charge in [-0.05, 0) is 24.9 Å². The third kappa shape index (κ3) is 4.43. The maximum absolute atomic E-state index is 14.5. The Morgan fingerprint density at radius 1 is 1.13 bits per heavy atom. The van der Waals surface area contributed by atoms with Crippen molar-refractivity contribution in [1.29, 1.82) is 0 Å². The lowest BCUT2D eigenvalue weighted by molar-refractivity contribution is -0.124. The molecule has 0 bridgehead atoms. The second-order valence-electron chi connectivity index (χ2n) is 8.78. The van der Waals surface area contributed by atoms with Crippen LogP contribution in [0.25, 0.3) is 11.3 Å². The third-order valence-electron chi connectivity index (χ3n) is 5.35. The summed E-state index contributed by atoms with van der Waals surface area (Å²) >= 11 is 0. The molecule has 2 N–H and O–H groups in total. The van der Waals surface area contributed by atoms with E-state index in [1.54, 1.807) is 0 Å².